The number of phenolic OH excluding ortho intramolecular Hbond substituents is 1. The maximum Gasteiger partial charge on any atom is 0.237 e. The number of benzene rings is 3. The minimum Gasteiger partial charge on any atom is -0.508 e. The monoisotopic (exact) mass is 451 g/mol. The van der Waals surface area contributed by atoms with Crippen molar-refractivity contribution in [2.45, 2.75) is 17.7 Å². The Morgan fingerprint density at radius 2 is 1.62 bits per heavy atom. The van der Waals surface area contributed by atoms with E-state index in [1.165, 1.54) is 36.0 Å². The smallest absolute Gasteiger partial charge is 0.237 e. The van der Waals surface area contributed by atoms with Crippen LogP contribution < -0.4 is 10.1 Å². The molecule has 0 unspecified atom stereocenters. The molecule has 0 bridgehead atoms. The molecule has 0 aromatic heterocycles. The van der Waals surface area contributed by atoms with Gasteiger partial charge >= 0.3 is 0 Å². The summed E-state index contributed by atoms with van der Waals surface area (Å²) in [5.41, 5.74) is 1.06. The second kappa shape index (κ2) is 9.04. The topological polar surface area (TPSA) is 75.6 Å². The molecule has 3 aromatic rings. The van der Waals surface area contributed by atoms with E-state index in [1.807, 2.05) is 6.92 Å². The van der Waals surface area contributed by atoms with Crippen LogP contribution in [0.2, 0.25) is 0 Å². The molecule has 2 N–H and O–H groups in total. The van der Waals surface area contributed by atoms with Crippen LogP contribution in [0.25, 0.3) is 0 Å². The second-order valence-corrected chi connectivity index (χ2v) is 8.52. The summed E-state index contributed by atoms with van der Waals surface area (Å²) in [6.45, 7) is 2.43. The Morgan fingerprint density at radius 3 is 2.19 bits per heavy atom. The van der Waals surface area contributed by atoms with Crippen molar-refractivity contribution >= 4 is 23.5 Å². The third-order valence-electron chi connectivity index (χ3n) is 5.44. The summed E-state index contributed by atoms with van der Waals surface area (Å²) in [5.74, 6) is 0.215. The quantitative estimate of drug-likeness (QED) is 0.395. The molecule has 32 heavy (non-hydrogen) atoms. The van der Waals surface area contributed by atoms with Crippen molar-refractivity contribution in [2.75, 3.05) is 12.4 Å². The molecule has 4 rings (SSSR count). The molecule has 1 amide bonds. The van der Waals surface area contributed by atoms with E-state index in [0.717, 1.165) is 5.56 Å². The predicted molar refractivity (Wildman–Crippen MR) is 122 cm³/mol. The minimum atomic E-state index is -0.928. The number of hydrogen-bond acceptors (Lipinski definition) is 5. The average Bonchev–Trinajstić information content (AvgIpc) is 2.79. The van der Waals surface area contributed by atoms with E-state index in [-0.39, 0.29) is 29.0 Å². The maximum absolute atomic E-state index is 13.6. The molecule has 1 aliphatic rings. The molecule has 1 heterocycles. The number of aromatic hydroxyl groups is 1. The number of amides is 1. The van der Waals surface area contributed by atoms with Crippen LogP contribution >= 0.6 is 11.8 Å². The van der Waals surface area contributed by atoms with Crippen LogP contribution in [0.5, 0.6) is 11.5 Å². The van der Waals surface area contributed by atoms with Crippen LogP contribution in [-0.4, -0.2) is 34.4 Å². The average molecular weight is 452 g/mol. The van der Waals surface area contributed by atoms with Crippen LogP contribution in [-0.2, 0) is 10.3 Å². The van der Waals surface area contributed by atoms with Gasteiger partial charge in [-0.3, -0.25) is 9.59 Å². The number of phenols is 1. The molecule has 1 saturated heterocycles. The number of halogens is 1. The van der Waals surface area contributed by atoms with Crippen molar-refractivity contribution in [1.29, 1.82) is 0 Å². The highest BCUT2D eigenvalue weighted by Crippen LogP contribution is 2.45. The number of nitrogens with one attached hydrogen (secondary N) is 1. The molecule has 0 radical (unpaired) electrons. The van der Waals surface area contributed by atoms with Gasteiger partial charge in [0.25, 0.3) is 0 Å². The van der Waals surface area contributed by atoms with Crippen molar-refractivity contribution in [1.82, 2.24) is 5.32 Å². The van der Waals surface area contributed by atoms with Gasteiger partial charge in [-0.2, -0.15) is 0 Å². The number of ether oxygens (including phenoxy) is 1. The van der Waals surface area contributed by atoms with E-state index in [0.29, 0.717) is 23.5 Å². The fraction of sp³-hybridized carbons (Fsp3) is 0.200. The molecule has 7 heteroatoms. The van der Waals surface area contributed by atoms with Crippen LogP contribution in [0.4, 0.5) is 4.39 Å². The van der Waals surface area contributed by atoms with Crippen molar-refractivity contribution in [3.05, 3.63) is 95.3 Å². The van der Waals surface area contributed by atoms with E-state index in [4.69, 9.17) is 4.74 Å². The number of carbonyl (C=O) groups is 2. The Kier molecular flexibility index (Phi) is 6.19. The zero-order valence-corrected chi connectivity index (χ0v) is 18.2. The van der Waals surface area contributed by atoms with Crippen LogP contribution in [0.15, 0.2) is 72.8 Å². The number of thioether (sulfide) groups is 1. The molecular weight excluding hydrogens is 429 g/mol. The maximum atomic E-state index is 13.6. The van der Waals surface area contributed by atoms with Gasteiger partial charge in [0, 0.05) is 5.56 Å². The molecular formula is C25H22FNO4S. The van der Waals surface area contributed by atoms with E-state index in [1.54, 1.807) is 48.5 Å². The standard InChI is InChI=1S/C25H22FNO4S/c1-2-31-21-13-3-16(4-14-21)22(29)15-32-23-24(30)27-25(23,17-5-9-19(26)10-6-17)18-7-11-20(28)12-8-18/h3-14,23,28H,2,15H2,1H3,(H,27,30)/t23-,25-/m0/s1. The highest BCUT2D eigenvalue weighted by molar-refractivity contribution is 8.01. The largest absolute Gasteiger partial charge is 0.508 e. The van der Waals surface area contributed by atoms with E-state index in [2.05, 4.69) is 5.32 Å². The lowest BCUT2D eigenvalue weighted by molar-refractivity contribution is -0.130. The van der Waals surface area contributed by atoms with E-state index < -0.39 is 10.8 Å². The summed E-state index contributed by atoms with van der Waals surface area (Å²) < 4.78 is 19.0. The molecule has 2 atom stereocenters. The first-order chi connectivity index (χ1) is 15.4. The lowest BCUT2D eigenvalue weighted by Gasteiger charge is -2.49. The van der Waals surface area contributed by atoms with Crippen molar-refractivity contribution in [3.63, 3.8) is 0 Å². The van der Waals surface area contributed by atoms with Crippen molar-refractivity contribution in [2.24, 2.45) is 0 Å². The number of rotatable bonds is 8. The Morgan fingerprint density at radius 1 is 1.03 bits per heavy atom. The first-order valence-corrected chi connectivity index (χ1v) is 11.2. The molecule has 0 spiro atoms. The summed E-state index contributed by atoms with van der Waals surface area (Å²) >= 11 is 1.24. The molecule has 0 saturated carbocycles. The Hall–Kier alpha value is -3.32. The summed E-state index contributed by atoms with van der Waals surface area (Å²) in [6, 6.07) is 19.4. The summed E-state index contributed by atoms with van der Waals surface area (Å²) in [5, 5.41) is 12.1. The number of Topliss-reactive ketones (excluding diaryl/α,β-unsaturated/α-hetero) is 1. The van der Waals surface area contributed by atoms with Gasteiger partial charge in [0.1, 0.15) is 28.1 Å². The van der Waals surface area contributed by atoms with Gasteiger partial charge in [0.2, 0.25) is 5.91 Å². The van der Waals surface area contributed by atoms with Crippen molar-refractivity contribution in [3.8, 4) is 11.5 Å². The molecule has 0 aliphatic carbocycles. The second-order valence-electron chi connectivity index (χ2n) is 7.42. The Labute approximate surface area is 189 Å². The highest BCUT2D eigenvalue weighted by atomic mass is 32.2. The fourth-order valence-electron chi connectivity index (χ4n) is 3.84. The van der Waals surface area contributed by atoms with Crippen LogP contribution in [0.3, 0.4) is 0 Å². The highest BCUT2D eigenvalue weighted by Gasteiger charge is 2.56. The van der Waals surface area contributed by atoms with Gasteiger partial charge in [0.05, 0.1) is 12.4 Å². The van der Waals surface area contributed by atoms with Gasteiger partial charge in [-0.05, 0) is 66.6 Å². The lowest BCUT2D eigenvalue weighted by atomic mass is 9.74. The zero-order chi connectivity index (χ0) is 22.7. The number of hydrogen-bond donors (Lipinski definition) is 2. The third kappa shape index (κ3) is 4.08. The fourth-order valence-corrected chi connectivity index (χ4v) is 5.12. The summed E-state index contributed by atoms with van der Waals surface area (Å²) in [7, 11) is 0. The summed E-state index contributed by atoms with van der Waals surface area (Å²) in [6.07, 6.45) is 0. The summed E-state index contributed by atoms with van der Waals surface area (Å²) in [4.78, 5) is 25.4. The van der Waals surface area contributed by atoms with E-state index in [9.17, 15) is 19.1 Å². The molecule has 3 aromatic carbocycles. The first-order valence-electron chi connectivity index (χ1n) is 10.2. The van der Waals surface area contributed by atoms with Gasteiger partial charge in [-0.25, -0.2) is 4.39 Å². The van der Waals surface area contributed by atoms with Crippen molar-refractivity contribution < 1.29 is 23.8 Å². The molecule has 1 aliphatic heterocycles. The van der Waals surface area contributed by atoms with Gasteiger partial charge in [0.15, 0.2) is 5.78 Å². The first kappa shape index (κ1) is 21.9. The molecule has 1 fully saturated rings. The predicted octanol–water partition coefficient (Wildman–Crippen LogP) is 4.29. The zero-order valence-electron chi connectivity index (χ0n) is 17.4. The van der Waals surface area contributed by atoms with Gasteiger partial charge in [-0.1, -0.05) is 24.3 Å². The molecule has 164 valence electrons. The SMILES string of the molecule is CCOc1ccc(C(=O)CS[C@H]2C(=O)N[C@]2(c2ccc(O)cc2)c2ccc(F)cc2)cc1. The Bertz CT molecular complexity index is 1070. The Balaban J connectivity index is 1.59. The number of β-lactam (4-membered cyclic amide) rings is 1. The van der Waals surface area contributed by atoms with Gasteiger partial charge in [-0.15, -0.1) is 11.8 Å². The van der Waals surface area contributed by atoms with Crippen LogP contribution in [0, 0.1) is 5.82 Å². The number of ketones is 1. The van der Waals surface area contributed by atoms with Crippen LogP contribution in [0.1, 0.15) is 28.4 Å². The molecule has 5 nitrogen and oxygen atoms in total. The minimum absolute atomic E-state index is 0.100. The lowest BCUT2D eigenvalue weighted by Crippen LogP contribution is -2.69. The van der Waals surface area contributed by atoms with Gasteiger partial charge < -0.3 is 15.2 Å². The van der Waals surface area contributed by atoms with E-state index >= 15 is 0 Å². The third-order valence-corrected chi connectivity index (χ3v) is 6.77. The number of carbonyl (C=O) groups excluding carboxylic acids is 2. The normalized spacial score (nSPS) is 19.7.